The zero-order chi connectivity index (χ0) is 26.4. The molecule has 0 radical (unpaired) electrons. The van der Waals surface area contributed by atoms with E-state index in [4.69, 9.17) is 13.9 Å². The number of para-hydroxylation sites is 1. The van der Waals surface area contributed by atoms with Crippen molar-refractivity contribution >= 4 is 21.9 Å². The predicted octanol–water partition coefficient (Wildman–Crippen LogP) is 5.67. The highest BCUT2D eigenvalue weighted by molar-refractivity contribution is 5.94. The van der Waals surface area contributed by atoms with Gasteiger partial charge < -0.3 is 24.3 Å². The van der Waals surface area contributed by atoms with Crippen molar-refractivity contribution in [3.8, 4) is 11.5 Å². The molecule has 0 aliphatic carbocycles. The molecule has 2 N–H and O–H groups in total. The number of aliphatic hydroxyl groups is 1. The van der Waals surface area contributed by atoms with Crippen LogP contribution in [0.3, 0.4) is 0 Å². The molecular formula is C28H28F3NO5. The van der Waals surface area contributed by atoms with Crippen LogP contribution >= 0.6 is 0 Å². The van der Waals surface area contributed by atoms with Crippen LogP contribution in [0.1, 0.15) is 30.9 Å². The van der Waals surface area contributed by atoms with Gasteiger partial charge in [0.1, 0.15) is 47.4 Å². The van der Waals surface area contributed by atoms with Crippen LogP contribution in [0.5, 0.6) is 11.5 Å². The fourth-order valence-corrected chi connectivity index (χ4v) is 3.88. The first-order chi connectivity index (χ1) is 17.8. The van der Waals surface area contributed by atoms with Gasteiger partial charge in [0.05, 0.1) is 10.9 Å². The van der Waals surface area contributed by atoms with Crippen molar-refractivity contribution < 1.29 is 32.2 Å². The molecule has 4 rings (SSSR count). The molecule has 6 nitrogen and oxygen atoms in total. The van der Waals surface area contributed by atoms with Crippen molar-refractivity contribution in [1.82, 2.24) is 5.32 Å². The van der Waals surface area contributed by atoms with Crippen LogP contribution in [0.15, 0.2) is 69.9 Å². The maximum absolute atomic E-state index is 13.3. The molecule has 0 saturated heterocycles. The molecule has 3 aromatic carbocycles. The van der Waals surface area contributed by atoms with Gasteiger partial charge in [-0.25, -0.2) is 0 Å². The first-order valence-corrected chi connectivity index (χ1v) is 12.1. The molecule has 0 saturated carbocycles. The van der Waals surface area contributed by atoms with Gasteiger partial charge in [-0.2, -0.15) is 13.2 Å². The maximum Gasteiger partial charge on any atom is 0.416 e. The minimum Gasteiger partial charge on any atom is -0.491 e. The highest BCUT2D eigenvalue weighted by atomic mass is 19.4. The van der Waals surface area contributed by atoms with Crippen LogP contribution in [0.2, 0.25) is 0 Å². The van der Waals surface area contributed by atoms with Gasteiger partial charge in [-0.3, -0.25) is 4.79 Å². The Hall–Kier alpha value is -3.56. The monoisotopic (exact) mass is 515 g/mol. The van der Waals surface area contributed by atoms with Crippen LogP contribution in [0.25, 0.3) is 21.9 Å². The number of fused-ring (bicyclic) bond motifs is 2. The smallest absolute Gasteiger partial charge is 0.416 e. The molecule has 4 aromatic rings. The van der Waals surface area contributed by atoms with Gasteiger partial charge >= 0.3 is 6.18 Å². The molecule has 0 fully saturated rings. The van der Waals surface area contributed by atoms with Crippen molar-refractivity contribution in [2.45, 2.75) is 38.7 Å². The molecule has 1 atom stereocenters. The minimum absolute atomic E-state index is 0.0183. The molecule has 1 heterocycles. The van der Waals surface area contributed by atoms with Gasteiger partial charge in [-0.05, 0) is 42.8 Å². The van der Waals surface area contributed by atoms with Crippen molar-refractivity contribution in [3.63, 3.8) is 0 Å². The van der Waals surface area contributed by atoms with Crippen LogP contribution in [0.4, 0.5) is 13.2 Å². The molecular weight excluding hydrogens is 487 g/mol. The van der Waals surface area contributed by atoms with Crippen LogP contribution < -0.4 is 20.2 Å². The number of alkyl halides is 3. The predicted molar refractivity (Wildman–Crippen MR) is 135 cm³/mol. The molecule has 0 bridgehead atoms. The van der Waals surface area contributed by atoms with E-state index in [2.05, 4.69) is 12.2 Å². The number of unbranched alkanes of at least 4 members (excludes halogenated alkanes) is 1. The fourth-order valence-electron chi connectivity index (χ4n) is 3.88. The number of nitrogens with one attached hydrogen (secondary N) is 1. The van der Waals surface area contributed by atoms with E-state index in [1.54, 1.807) is 24.3 Å². The van der Waals surface area contributed by atoms with E-state index in [-0.39, 0.29) is 46.7 Å². The summed E-state index contributed by atoms with van der Waals surface area (Å²) in [7, 11) is 0. The summed E-state index contributed by atoms with van der Waals surface area (Å²) < 4.78 is 56.9. The summed E-state index contributed by atoms with van der Waals surface area (Å²) in [5.74, 6) is 0.401. The Morgan fingerprint density at radius 2 is 1.84 bits per heavy atom. The first kappa shape index (κ1) is 26.5. The number of halogens is 3. The second kappa shape index (κ2) is 11.7. The Balaban J connectivity index is 1.63. The van der Waals surface area contributed by atoms with Gasteiger partial charge in [0.15, 0.2) is 0 Å². The third-order valence-corrected chi connectivity index (χ3v) is 5.80. The number of benzene rings is 3. The highest BCUT2D eigenvalue weighted by Gasteiger charge is 2.30. The Morgan fingerprint density at radius 1 is 1.03 bits per heavy atom. The zero-order valence-electron chi connectivity index (χ0n) is 20.3. The standard InChI is InChI=1S/C28H28F3NO5/c1-2-3-11-32-15-20(33)17-35-21-13-24(36-16-18-7-6-8-19(12-18)28(29,30)31)26-25(14-21)37-23-10-5-4-9-22(23)27(26)34/h4-10,12-14,20,32-33H,2-3,11,15-17H2,1H3. The van der Waals surface area contributed by atoms with Gasteiger partial charge in [0, 0.05) is 18.7 Å². The minimum atomic E-state index is -4.48. The number of hydrogen-bond acceptors (Lipinski definition) is 6. The van der Waals surface area contributed by atoms with Gasteiger partial charge in [-0.15, -0.1) is 0 Å². The largest absolute Gasteiger partial charge is 0.491 e. The number of ether oxygens (including phenoxy) is 2. The number of aliphatic hydroxyl groups excluding tert-OH is 1. The molecule has 196 valence electrons. The van der Waals surface area contributed by atoms with Crippen LogP contribution in [0, 0.1) is 0 Å². The summed E-state index contributed by atoms with van der Waals surface area (Å²) >= 11 is 0. The van der Waals surface area contributed by atoms with Crippen molar-refractivity contribution in [2.75, 3.05) is 19.7 Å². The maximum atomic E-state index is 13.3. The average molecular weight is 516 g/mol. The van der Waals surface area contributed by atoms with E-state index >= 15 is 0 Å². The molecule has 0 spiro atoms. The SMILES string of the molecule is CCCCNCC(O)COc1cc(OCc2cccc(C(F)(F)F)c2)c2c(=O)c3ccccc3oc2c1. The molecule has 0 aliphatic heterocycles. The molecule has 0 aliphatic rings. The lowest BCUT2D eigenvalue weighted by molar-refractivity contribution is -0.137. The van der Waals surface area contributed by atoms with E-state index in [0.29, 0.717) is 17.5 Å². The van der Waals surface area contributed by atoms with Gasteiger partial charge in [-0.1, -0.05) is 37.6 Å². The van der Waals surface area contributed by atoms with Crippen LogP contribution in [-0.4, -0.2) is 30.9 Å². The molecule has 37 heavy (non-hydrogen) atoms. The van der Waals surface area contributed by atoms with E-state index in [9.17, 15) is 23.1 Å². The quantitative estimate of drug-likeness (QED) is 0.198. The van der Waals surface area contributed by atoms with Crippen molar-refractivity contribution in [2.24, 2.45) is 0 Å². The third kappa shape index (κ3) is 6.61. The van der Waals surface area contributed by atoms with Gasteiger partial charge in [0.2, 0.25) is 5.43 Å². The molecule has 0 amide bonds. The molecule has 9 heteroatoms. The van der Waals surface area contributed by atoms with Crippen molar-refractivity contribution in [3.05, 3.63) is 82.0 Å². The summed E-state index contributed by atoms with van der Waals surface area (Å²) in [4.78, 5) is 13.3. The Labute approximate surface area is 211 Å². The summed E-state index contributed by atoms with van der Waals surface area (Å²) in [5, 5.41) is 13.9. The molecule has 1 unspecified atom stereocenters. The molecule has 1 aromatic heterocycles. The first-order valence-electron chi connectivity index (χ1n) is 12.1. The number of rotatable bonds is 11. The Bertz CT molecular complexity index is 1420. The topological polar surface area (TPSA) is 80.9 Å². The van der Waals surface area contributed by atoms with E-state index in [0.717, 1.165) is 31.5 Å². The highest BCUT2D eigenvalue weighted by Crippen LogP contribution is 2.33. The third-order valence-electron chi connectivity index (χ3n) is 5.80. The van der Waals surface area contributed by atoms with Crippen molar-refractivity contribution in [1.29, 1.82) is 0 Å². The average Bonchev–Trinajstić information content (AvgIpc) is 2.88. The van der Waals surface area contributed by atoms with Gasteiger partial charge in [0.25, 0.3) is 0 Å². The number of hydrogen-bond donors (Lipinski definition) is 2. The summed E-state index contributed by atoms with van der Waals surface area (Å²) in [5.41, 5.74) is -0.254. The lowest BCUT2D eigenvalue weighted by Crippen LogP contribution is -2.31. The fraction of sp³-hybridized carbons (Fsp3) is 0.321. The summed E-state index contributed by atoms with van der Waals surface area (Å²) in [6, 6.07) is 14.6. The lowest BCUT2D eigenvalue weighted by atomic mass is 10.1. The Morgan fingerprint density at radius 3 is 2.62 bits per heavy atom. The van der Waals surface area contributed by atoms with E-state index in [1.165, 1.54) is 24.3 Å². The Kier molecular flexibility index (Phi) is 8.35. The van der Waals surface area contributed by atoms with E-state index in [1.807, 2.05) is 0 Å². The van der Waals surface area contributed by atoms with E-state index < -0.39 is 17.8 Å². The van der Waals surface area contributed by atoms with Crippen LogP contribution in [-0.2, 0) is 12.8 Å². The summed E-state index contributed by atoms with van der Waals surface area (Å²) in [6.07, 6.45) is -3.22. The zero-order valence-corrected chi connectivity index (χ0v) is 20.3. The summed E-state index contributed by atoms with van der Waals surface area (Å²) in [6.45, 7) is 2.99. The lowest BCUT2D eigenvalue weighted by Gasteiger charge is -2.16. The normalized spacial score (nSPS) is 12.7. The second-order valence-corrected chi connectivity index (χ2v) is 8.73. The second-order valence-electron chi connectivity index (χ2n) is 8.73.